The Kier molecular flexibility index (Phi) is 3.95. The van der Waals surface area contributed by atoms with Crippen LogP contribution in [-0.4, -0.2) is 45.2 Å². The molecular formula is C11H18F3NO2. The van der Waals surface area contributed by atoms with Gasteiger partial charge in [-0.15, -0.1) is 0 Å². The largest absolute Gasteiger partial charge is 0.411 e. The Morgan fingerprint density at radius 2 is 2.12 bits per heavy atom. The minimum Gasteiger partial charge on any atom is -0.381 e. The number of alkyl halides is 3. The predicted octanol–water partition coefficient (Wildman–Crippen LogP) is 1.72. The fourth-order valence-electron chi connectivity index (χ4n) is 1.99. The van der Waals surface area contributed by atoms with Crippen molar-refractivity contribution in [1.29, 1.82) is 0 Å². The molecule has 6 heteroatoms. The molecule has 1 aliphatic heterocycles. The summed E-state index contributed by atoms with van der Waals surface area (Å²) in [7, 11) is 0. The Morgan fingerprint density at radius 1 is 1.35 bits per heavy atom. The highest BCUT2D eigenvalue weighted by Crippen LogP contribution is 2.30. The highest BCUT2D eigenvalue weighted by atomic mass is 19.4. The standard InChI is InChI=1S/C11H18F3NO2/c12-11(13,14)8-17-7-10(3-4-16-6-10)5-15-9-1-2-9/h9,15H,1-8H2. The quantitative estimate of drug-likeness (QED) is 0.782. The van der Waals surface area contributed by atoms with Crippen LogP contribution < -0.4 is 5.32 Å². The Balaban J connectivity index is 1.74. The van der Waals surface area contributed by atoms with Crippen LogP contribution in [0.2, 0.25) is 0 Å². The molecule has 1 saturated heterocycles. The molecule has 100 valence electrons. The monoisotopic (exact) mass is 253 g/mol. The van der Waals surface area contributed by atoms with Gasteiger partial charge in [-0.3, -0.25) is 0 Å². The number of hydrogen-bond acceptors (Lipinski definition) is 3. The van der Waals surface area contributed by atoms with Gasteiger partial charge in [0.2, 0.25) is 0 Å². The number of ether oxygens (including phenoxy) is 2. The molecule has 2 fully saturated rings. The Morgan fingerprint density at radius 3 is 2.65 bits per heavy atom. The van der Waals surface area contributed by atoms with Crippen molar-refractivity contribution in [1.82, 2.24) is 5.32 Å². The van der Waals surface area contributed by atoms with Gasteiger partial charge in [0.25, 0.3) is 0 Å². The summed E-state index contributed by atoms with van der Waals surface area (Å²) >= 11 is 0. The van der Waals surface area contributed by atoms with E-state index in [1.165, 1.54) is 12.8 Å². The highest BCUT2D eigenvalue weighted by Gasteiger charge is 2.38. The average Bonchev–Trinajstić information content (AvgIpc) is 2.95. The van der Waals surface area contributed by atoms with Crippen molar-refractivity contribution < 1.29 is 22.6 Å². The summed E-state index contributed by atoms with van der Waals surface area (Å²) < 4.78 is 46.1. The zero-order valence-electron chi connectivity index (χ0n) is 9.68. The predicted molar refractivity (Wildman–Crippen MR) is 55.8 cm³/mol. The van der Waals surface area contributed by atoms with Crippen LogP contribution in [-0.2, 0) is 9.47 Å². The van der Waals surface area contributed by atoms with Gasteiger partial charge in [0, 0.05) is 24.6 Å². The number of nitrogens with one attached hydrogen (secondary N) is 1. The maximum absolute atomic E-state index is 12.0. The fourth-order valence-corrected chi connectivity index (χ4v) is 1.99. The summed E-state index contributed by atoms with van der Waals surface area (Å²) in [6.45, 7) is 0.742. The summed E-state index contributed by atoms with van der Waals surface area (Å²) in [6, 6.07) is 0.551. The summed E-state index contributed by atoms with van der Waals surface area (Å²) in [4.78, 5) is 0. The van der Waals surface area contributed by atoms with Gasteiger partial charge >= 0.3 is 6.18 Å². The first-order valence-electron chi connectivity index (χ1n) is 5.95. The molecule has 1 unspecified atom stereocenters. The van der Waals surface area contributed by atoms with Gasteiger partial charge < -0.3 is 14.8 Å². The van der Waals surface area contributed by atoms with Crippen LogP contribution in [0.4, 0.5) is 13.2 Å². The van der Waals surface area contributed by atoms with Crippen LogP contribution in [0, 0.1) is 5.41 Å². The zero-order valence-corrected chi connectivity index (χ0v) is 9.68. The lowest BCUT2D eigenvalue weighted by Crippen LogP contribution is -2.40. The number of hydrogen-bond donors (Lipinski definition) is 1. The van der Waals surface area contributed by atoms with E-state index in [2.05, 4.69) is 5.32 Å². The van der Waals surface area contributed by atoms with E-state index in [4.69, 9.17) is 9.47 Å². The van der Waals surface area contributed by atoms with Crippen molar-refractivity contribution in [2.75, 3.05) is 33.0 Å². The number of halogens is 3. The summed E-state index contributed by atoms with van der Waals surface area (Å²) in [6.07, 6.45) is -1.14. The normalized spacial score (nSPS) is 29.8. The van der Waals surface area contributed by atoms with Crippen LogP contribution in [0.15, 0.2) is 0 Å². The molecule has 1 atom stereocenters. The lowest BCUT2D eigenvalue weighted by molar-refractivity contribution is -0.180. The molecular weight excluding hydrogens is 235 g/mol. The van der Waals surface area contributed by atoms with Crippen molar-refractivity contribution in [2.45, 2.75) is 31.5 Å². The molecule has 3 nitrogen and oxygen atoms in total. The molecule has 2 aliphatic rings. The first kappa shape index (κ1) is 13.1. The topological polar surface area (TPSA) is 30.5 Å². The summed E-state index contributed by atoms with van der Waals surface area (Å²) in [5.41, 5.74) is -0.270. The molecule has 0 amide bonds. The van der Waals surface area contributed by atoms with Crippen molar-refractivity contribution in [3.8, 4) is 0 Å². The molecule has 1 saturated carbocycles. The van der Waals surface area contributed by atoms with Crippen LogP contribution in [0.1, 0.15) is 19.3 Å². The molecule has 1 aliphatic carbocycles. The highest BCUT2D eigenvalue weighted by molar-refractivity contribution is 4.90. The molecule has 0 aromatic heterocycles. The Labute approximate surface area is 98.7 Å². The van der Waals surface area contributed by atoms with E-state index in [1.807, 2.05) is 0 Å². The van der Waals surface area contributed by atoms with E-state index in [0.29, 0.717) is 25.8 Å². The van der Waals surface area contributed by atoms with Crippen LogP contribution >= 0.6 is 0 Å². The minimum atomic E-state index is -4.25. The van der Waals surface area contributed by atoms with Crippen LogP contribution in [0.5, 0.6) is 0 Å². The molecule has 0 spiro atoms. The van der Waals surface area contributed by atoms with Crippen LogP contribution in [0.25, 0.3) is 0 Å². The Bertz CT molecular complexity index is 248. The fraction of sp³-hybridized carbons (Fsp3) is 1.00. The zero-order chi connectivity index (χ0) is 12.4. The van der Waals surface area contributed by atoms with Gasteiger partial charge in [-0.2, -0.15) is 13.2 Å². The van der Waals surface area contributed by atoms with Crippen molar-refractivity contribution in [3.05, 3.63) is 0 Å². The average molecular weight is 253 g/mol. The van der Waals surface area contributed by atoms with Gasteiger partial charge in [0.05, 0.1) is 13.2 Å². The molecule has 17 heavy (non-hydrogen) atoms. The third-order valence-electron chi connectivity index (χ3n) is 3.20. The van der Waals surface area contributed by atoms with E-state index >= 15 is 0 Å². The second kappa shape index (κ2) is 5.12. The van der Waals surface area contributed by atoms with Crippen molar-refractivity contribution >= 4 is 0 Å². The van der Waals surface area contributed by atoms with Crippen molar-refractivity contribution in [2.24, 2.45) is 5.41 Å². The molecule has 0 aromatic rings. The molecule has 2 rings (SSSR count). The van der Waals surface area contributed by atoms with E-state index in [-0.39, 0.29) is 12.0 Å². The molecule has 1 heterocycles. The summed E-state index contributed by atoms with van der Waals surface area (Å²) in [5, 5.41) is 3.35. The SMILES string of the molecule is FC(F)(F)COCC1(CNC2CC2)CCOC1. The first-order valence-corrected chi connectivity index (χ1v) is 5.95. The van der Waals surface area contributed by atoms with Gasteiger partial charge in [-0.05, 0) is 19.3 Å². The van der Waals surface area contributed by atoms with Gasteiger partial charge in [0.15, 0.2) is 0 Å². The molecule has 1 N–H and O–H groups in total. The Hall–Kier alpha value is -0.330. The van der Waals surface area contributed by atoms with Gasteiger partial charge in [0.1, 0.15) is 6.61 Å². The molecule has 0 radical (unpaired) electrons. The summed E-state index contributed by atoms with van der Waals surface area (Å²) in [5.74, 6) is 0. The third-order valence-corrected chi connectivity index (χ3v) is 3.20. The maximum Gasteiger partial charge on any atom is 0.411 e. The van der Waals surface area contributed by atoms with Gasteiger partial charge in [-0.1, -0.05) is 0 Å². The second-order valence-corrected chi connectivity index (χ2v) is 5.07. The van der Waals surface area contributed by atoms with E-state index in [1.54, 1.807) is 0 Å². The lowest BCUT2D eigenvalue weighted by Gasteiger charge is -2.27. The van der Waals surface area contributed by atoms with Crippen LogP contribution in [0.3, 0.4) is 0 Å². The molecule has 0 aromatic carbocycles. The van der Waals surface area contributed by atoms with E-state index < -0.39 is 12.8 Å². The van der Waals surface area contributed by atoms with E-state index in [9.17, 15) is 13.2 Å². The van der Waals surface area contributed by atoms with Crippen molar-refractivity contribution in [3.63, 3.8) is 0 Å². The second-order valence-electron chi connectivity index (χ2n) is 5.07. The maximum atomic E-state index is 12.0. The number of rotatable bonds is 6. The lowest BCUT2D eigenvalue weighted by atomic mass is 9.88. The van der Waals surface area contributed by atoms with Gasteiger partial charge in [-0.25, -0.2) is 0 Å². The molecule has 0 bridgehead atoms. The smallest absolute Gasteiger partial charge is 0.381 e. The van der Waals surface area contributed by atoms with E-state index in [0.717, 1.165) is 6.42 Å². The minimum absolute atomic E-state index is 0.117. The first-order chi connectivity index (χ1) is 7.99. The third kappa shape index (κ3) is 4.44.